The van der Waals surface area contributed by atoms with Crippen molar-refractivity contribution in [1.29, 1.82) is 0 Å². The number of hydrogen-bond donors (Lipinski definition) is 0. The van der Waals surface area contributed by atoms with E-state index >= 15 is 0 Å². The molecule has 0 unspecified atom stereocenters. The Morgan fingerprint density at radius 3 is 2.76 bits per heavy atom. The molecule has 0 bridgehead atoms. The SMILES string of the molecule is CN(C)CCCN(C(=O)c1cnccn1)c1nc2c(Cl)cccc2s1. The van der Waals surface area contributed by atoms with Crippen LogP contribution in [0.5, 0.6) is 0 Å². The number of fused-ring (bicyclic) bond motifs is 1. The van der Waals surface area contributed by atoms with Gasteiger partial charge in [-0.05, 0) is 39.2 Å². The number of rotatable bonds is 6. The molecule has 0 saturated carbocycles. The highest BCUT2D eigenvalue weighted by molar-refractivity contribution is 7.22. The highest BCUT2D eigenvalue weighted by Gasteiger charge is 2.22. The van der Waals surface area contributed by atoms with Crippen LogP contribution in [0.1, 0.15) is 16.9 Å². The summed E-state index contributed by atoms with van der Waals surface area (Å²) < 4.78 is 0.951. The van der Waals surface area contributed by atoms with E-state index in [0.29, 0.717) is 27.9 Å². The number of thiazole rings is 1. The molecule has 0 aliphatic heterocycles. The third kappa shape index (κ3) is 4.12. The molecule has 0 aliphatic rings. The van der Waals surface area contributed by atoms with Crippen LogP contribution in [0.25, 0.3) is 10.2 Å². The van der Waals surface area contributed by atoms with E-state index in [0.717, 1.165) is 17.7 Å². The number of halogens is 1. The van der Waals surface area contributed by atoms with Crippen LogP contribution in [0.15, 0.2) is 36.8 Å². The number of para-hydroxylation sites is 1. The second-order valence-electron chi connectivity index (χ2n) is 5.79. The molecule has 0 spiro atoms. The molecule has 2 aromatic heterocycles. The Balaban J connectivity index is 1.94. The predicted molar refractivity (Wildman–Crippen MR) is 102 cm³/mol. The van der Waals surface area contributed by atoms with E-state index in [1.165, 1.54) is 23.7 Å². The molecule has 0 N–H and O–H groups in total. The predicted octanol–water partition coefficient (Wildman–Crippen LogP) is 3.34. The molecule has 130 valence electrons. The average molecular weight is 376 g/mol. The van der Waals surface area contributed by atoms with Crippen molar-refractivity contribution < 1.29 is 4.79 Å². The summed E-state index contributed by atoms with van der Waals surface area (Å²) in [4.78, 5) is 29.4. The van der Waals surface area contributed by atoms with Gasteiger partial charge in [-0.15, -0.1) is 0 Å². The molecule has 0 fully saturated rings. The summed E-state index contributed by atoms with van der Waals surface area (Å²) in [6.07, 6.45) is 5.36. The first-order valence-corrected chi connectivity index (χ1v) is 9.03. The molecule has 6 nitrogen and oxygen atoms in total. The molecule has 3 rings (SSSR count). The lowest BCUT2D eigenvalue weighted by Crippen LogP contribution is -2.34. The van der Waals surface area contributed by atoms with Crippen LogP contribution >= 0.6 is 22.9 Å². The minimum Gasteiger partial charge on any atom is -0.309 e. The van der Waals surface area contributed by atoms with E-state index in [1.54, 1.807) is 17.2 Å². The van der Waals surface area contributed by atoms with Gasteiger partial charge in [-0.25, -0.2) is 9.97 Å². The molecule has 0 aliphatic carbocycles. The lowest BCUT2D eigenvalue weighted by atomic mass is 10.3. The van der Waals surface area contributed by atoms with Gasteiger partial charge in [0.1, 0.15) is 11.2 Å². The van der Waals surface area contributed by atoms with Crippen molar-refractivity contribution in [3.05, 3.63) is 47.5 Å². The summed E-state index contributed by atoms with van der Waals surface area (Å²) in [6.45, 7) is 1.42. The monoisotopic (exact) mass is 375 g/mol. The average Bonchev–Trinajstić information content (AvgIpc) is 3.04. The Bertz CT molecular complexity index is 868. The fourth-order valence-electron chi connectivity index (χ4n) is 2.40. The Morgan fingerprint density at radius 2 is 2.08 bits per heavy atom. The van der Waals surface area contributed by atoms with Gasteiger partial charge in [-0.1, -0.05) is 29.0 Å². The third-order valence-electron chi connectivity index (χ3n) is 3.60. The molecular formula is C17H18ClN5OS. The van der Waals surface area contributed by atoms with Crippen molar-refractivity contribution >= 4 is 44.2 Å². The minimum atomic E-state index is -0.206. The molecule has 1 amide bonds. The maximum atomic E-state index is 12.9. The third-order valence-corrected chi connectivity index (χ3v) is 4.95. The molecular weight excluding hydrogens is 358 g/mol. The van der Waals surface area contributed by atoms with Crippen LogP contribution in [-0.2, 0) is 0 Å². The number of carbonyl (C=O) groups excluding carboxylic acids is 1. The van der Waals surface area contributed by atoms with Gasteiger partial charge in [0.05, 0.1) is 15.9 Å². The summed E-state index contributed by atoms with van der Waals surface area (Å²) in [6, 6.07) is 5.63. The second-order valence-corrected chi connectivity index (χ2v) is 7.20. The molecule has 2 heterocycles. The van der Waals surface area contributed by atoms with E-state index in [1.807, 2.05) is 26.2 Å². The number of amides is 1. The van der Waals surface area contributed by atoms with Gasteiger partial charge < -0.3 is 4.90 Å². The van der Waals surface area contributed by atoms with Crippen molar-refractivity contribution in [2.45, 2.75) is 6.42 Å². The molecule has 3 aromatic rings. The Morgan fingerprint density at radius 1 is 1.24 bits per heavy atom. The van der Waals surface area contributed by atoms with Crippen molar-refractivity contribution in [1.82, 2.24) is 19.9 Å². The lowest BCUT2D eigenvalue weighted by Gasteiger charge is -2.20. The van der Waals surface area contributed by atoms with E-state index < -0.39 is 0 Å². The number of anilines is 1. The zero-order valence-corrected chi connectivity index (χ0v) is 15.6. The van der Waals surface area contributed by atoms with E-state index in [4.69, 9.17) is 11.6 Å². The second kappa shape index (κ2) is 7.86. The van der Waals surface area contributed by atoms with Gasteiger partial charge in [-0.3, -0.25) is 14.7 Å². The number of nitrogens with zero attached hydrogens (tertiary/aromatic N) is 5. The van der Waals surface area contributed by atoms with Crippen molar-refractivity contribution in [3.63, 3.8) is 0 Å². The van der Waals surface area contributed by atoms with Gasteiger partial charge in [0.25, 0.3) is 5.91 Å². The lowest BCUT2D eigenvalue weighted by molar-refractivity contribution is 0.0981. The molecule has 25 heavy (non-hydrogen) atoms. The highest BCUT2D eigenvalue weighted by Crippen LogP contribution is 2.33. The maximum absolute atomic E-state index is 12.9. The first kappa shape index (κ1) is 17.7. The van der Waals surface area contributed by atoms with Gasteiger partial charge in [0.2, 0.25) is 0 Å². The quantitative estimate of drug-likeness (QED) is 0.661. The minimum absolute atomic E-state index is 0.206. The normalized spacial score (nSPS) is 11.2. The molecule has 0 saturated heterocycles. The first-order chi connectivity index (χ1) is 12.1. The number of aromatic nitrogens is 3. The van der Waals surface area contributed by atoms with Gasteiger partial charge >= 0.3 is 0 Å². The zero-order chi connectivity index (χ0) is 17.8. The fraction of sp³-hybridized carbons (Fsp3) is 0.294. The number of hydrogen-bond acceptors (Lipinski definition) is 6. The summed E-state index contributed by atoms with van der Waals surface area (Å²) in [5, 5.41) is 1.21. The van der Waals surface area contributed by atoms with Crippen molar-refractivity contribution in [3.8, 4) is 0 Å². The van der Waals surface area contributed by atoms with Crippen molar-refractivity contribution in [2.24, 2.45) is 0 Å². The zero-order valence-electron chi connectivity index (χ0n) is 14.0. The summed E-state index contributed by atoms with van der Waals surface area (Å²) in [5.74, 6) is -0.206. The largest absolute Gasteiger partial charge is 0.309 e. The first-order valence-electron chi connectivity index (χ1n) is 7.84. The van der Waals surface area contributed by atoms with Gasteiger partial charge in [0.15, 0.2) is 5.13 Å². The van der Waals surface area contributed by atoms with E-state index in [9.17, 15) is 4.79 Å². The Labute approximate surface area is 155 Å². The van der Waals surface area contributed by atoms with Crippen LogP contribution in [0, 0.1) is 0 Å². The summed E-state index contributed by atoms with van der Waals surface area (Å²) in [5.41, 5.74) is 1.02. The molecule has 1 aromatic carbocycles. The molecule has 8 heteroatoms. The standard InChI is InChI=1S/C17H18ClN5OS/c1-22(2)9-4-10-23(16(24)13-11-19-7-8-20-13)17-21-15-12(18)5-3-6-14(15)25-17/h3,5-8,11H,4,9-10H2,1-2H3. The van der Waals surface area contributed by atoms with Crippen LogP contribution in [0.2, 0.25) is 5.02 Å². The van der Waals surface area contributed by atoms with Crippen molar-refractivity contribution in [2.75, 3.05) is 32.1 Å². The van der Waals surface area contributed by atoms with Gasteiger partial charge in [-0.2, -0.15) is 0 Å². The summed E-state index contributed by atoms with van der Waals surface area (Å²) in [7, 11) is 4.01. The van der Waals surface area contributed by atoms with Gasteiger partial charge in [0, 0.05) is 18.9 Å². The van der Waals surface area contributed by atoms with Crippen LogP contribution in [-0.4, -0.2) is 52.9 Å². The Kier molecular flexibility index (Phi) is 5.57. The van der Waals surface area contributed by atoms with Crippen LogP contribution in [0.4, 0.5) is 5.13 Å². The molecule has 0 radical (unpaired) electrons. The maximum Gasteiger partial charge on any atom is 0.280 e. The number of carbonyl (C=O) groups is 1. The fourth-order valence-corrected chi connectivity index (χ4v) is 3.69. The molecule has 0 atom stereocenters. The highest BCUT2D eigenvalue weighted by atomic mass is 35.5. The Hall–Kier alpha value is -2.09. The van der Waals surface area contributed by atoms with E-state index in [2.05, 4.69) is 19.9 Å². The smallest absolute Gasteiger partial charge is 0.280 e. The van der Waals surface area contributed by atoms with Crippen LogP contribution < -0.4 is 4.90 Å². The van der Waals surface area contributed by atoms with E-state index in [-0.39, 0.29) is 5.91 Å². The topological polar surface area (TPSA) is 62.2 Å². The van der Waals surface area contributed by atoms with Crippen LogP contribution in [0.3, 0.4) is 0 Å². The summed E-state index contributed by atoms with van der Waals surface area (Å²) >= 11 is 7.68. The number of benzene rings is 1.